The Morgan fingerprint density at radius 3 is 1.37 bits per heavy atom. The lowest BCUT2D eigenvalue weighted by Gasteiger charge is -2.54. The minimum Gasteiger partial charge on any atom is -0.469 e. The molecule has 3 unspecified atom stereocenters. The highest BCUT2D eigenvalue weighted by atomic mass is 16.5. The minimum absolute atomic E-state index is 0.00111. The molecule has 4 heterocycles. The number of esters is 3. The molecule has 4 aromatic rings. The molecule has 19 heteroatoms. The number of fused-ring (bicyclic) bond motifs is 3. The Kier molecular flexibility index (Phi) is 20.4. The summed E-state index contributed by atoms with van der Waals surface area (Å²) >= 11 is 0. The maximum absolute atomic E-state index is 13.6. The average molecular weight is 1300 g/mol. The molecule has 514 valence electrons. The summed E-state index contributed by atoms with van der Waals surface area (Å²) in [5.41, 5.74) is 12.3. The van der Waals surface area contributed by atoms with Gasteiger partial charge in [0.2, 0.25) is 0 Å². The van der Waals surface area contributed by atoms with Crippen LogP contribution in [0.3, 0.4) is 0 Å². The standard InChI is InChI=1S/C28H35N3O3.C26H37N3O3.C22H34N4O3/c1-2-34-28(33)20-8-9-23-24(15-20)31(16-17-6-4-3-5-7-17)30-26(23)27(32)29-25-21-11-18-10-19(13-21)14-22(25)12-18;1-32-26(31)17-7-8-22-21(14-17)24(28-29(22)20-5-3-2-4-6-20)25(30)27-23-18-10-15-9-16(12-18)13-19(23)11-15;1-2-29-22(28)16-11-12-19-18(15-16)20(21(27)24-25-13-7-4-8-14-25)23-26(19)17-9-5-3-6-10-17/h3-7,18-22,25H,2,8-16H2,1H3,(H,29,32);15-20,23H,2-14H2,1H3,(H,27,30);16-17H,2-15H2,1H3,(H,24,27). The number of amides is 3. The van der Waals surface area contributed by atoms with Gasteiger partial charge in [-0.05, 0) is 221 Å². The largest absolute Gasteiger partial charge is 0.469 e. The Morgan fingerprint density at radius 1 is 0.463 bits per heavy atom. The van der Waals surface area contributed by atoms with E-state index in [9.17, 15) is 28.8 Å². The highest BCUT2D eigenvalue weighted by Crippen LogP contribution is 2.55. The second-order valence-corrected chi connectivity index (χ2v) is 31.1. The molecule has 1 saturated heterocycles. The van der Waals surface area contributed by atoms with Gasteiger partial charge in [-0.25, -0.2) is 5.01 Å². The maximum Gasteiger partial charge on any atom is 0.309 e. The summed E-state index contributed by atoms with van der Waals surface area (Å²) in [5.74, 6) is 5.03. The first-order valence-electron chi connectivity index (χ1n) is 37.8. The number of piperidine rings is 1. The first kappa shape index (κ1) is 65.9. The Balaban J connectivity index is 0.000000123. The number of nitrogens with one attached hydrogen (secondary N) is 3. The fourth-order valence-electron chi connectivity index (χ4n) is 20.9. The van der Waals surface area contributed by atoms with E-state index >= 15 is 0 Å². The third-order valence-corrected chi connectivity index (χ3v) is 25.0. The molecule has 3 N–H and O–H groups in total. The van der Waals surface area contributed by atoms with Crippen molar-refractivity contribution >= 4 is 35.6 Å². The number of methoxy groups -OCH3 is 1. The SMILES string of the molecule is CCOC(=O)C1CCc2c(C(=O)NC3C4CC5CC(C4)CC3C5)nn(Cc3ccccc3)c2C1.CCOC(=O)C1CCc2c(c(C(=O)NN3CCCCC3)nn2C2CCCCC2)C1.COC(=O)C1CCc2c(c(C(=O)NC3C4CC5CC(C4)CC3C5)nn2C2CCCCC2)C1. The van der Waals surface area contributed by atoms with E-state index in [-0.39, 0.29) is 53.4 Å². The van der Waals surface area contributed by atoms with Gasteiger partial charge in [0.15, 0.2) is 17.1 Å². The molecule has 3 aromatic heterocycles. The van der Waals surface area contributed by atoms with E-state index in [2.05, 4.69) is 37.6 Å². The van der Waals surface area contributed by atoms with Crippen LogP contribution in [0.1, 0.15) is 264 Å². The lowest BCUT2D eigenvalue weighted by Crippen LogP contribution is -2.56. The average Bonchev–Trinajstić information content (AvgIpc) is 1.61. The third-order valence-electron chi connectivity index (χ3n) is 25.0. The zero-order chi connectivity index (χ0) is 65.3. The molecular weight excluding hydrogens is 1200 g/mol. The van der Waals surface area contributed by atoms with E-state index in [1.165, 1.54) is 128 Å². The van der Waals surface area contributed by atoms with E-state index in [4.69, 9.17) is 29.5 Å². The predicted molar refractivity (Wildman–Crippen MR) is 358 cm³/mol. The topological polar surface area (TPSA) is 223 Å². The van der Waals surface area contributed by atoms with Crippen LogP contribution in [-0.2, 0) is 73.7 Å². The third kappa shape index (κ3) is 14.2. The molecule has 1 aromatic carbocycles. The molecule has 95 heavy (non-hydrogen) atoms. The fraction of sp³-hybridized carbons (Fsp3) is 0.724. The molecule has 13 aliphatic carbocycles. The van der Waals surface area contributed by atoms with Crippen LogP contribution in [0.4, 0.5) is 0 Å². The molecule has 14 aliphatic rings. The monoisotopic (exact) mass is 1300 g/mol. The quantitative estimate of drug-likeness (QED) is 0.0745. The van der Waals surface area contributed by atoms with Gasteiger partial charge >= 0.3 is 17.9 Å². The Labute approximate surface area is 561 Å². The first-order valence-corrected chi connectivity index (χ1v) is 37.8. The van der Waals surface area contributed by atoms with Crippen molar-refractivity contribution in [1.29, 1.82) is 0 Å². The Hall–Kier alpha value is -6.37. The van der Waals surface area contributed by atoms with Gasteiger partial charge < -0.3 is 24.8 Å². The van der Waals surface area contributed by atoms with E-state index in [0.717, 1.165) is 129 Å². The lowest BCUT2D eigenvalue weighted by atomic mass is 9.54. The van der Waals surface area contributed by atoms with E-state index in [1.54, 1.807) is 0 Å². The molecule has 10 saturated carbocycles. The number of hydrogen-bond donors (Lipinski definition) is 3. The van der Waals surface area contributed by atoms with Crippen molar-refractivity contribution in [3.05, 3.63) is 86.7 Å². The van der Waals surface area contributed by atoms with Crippen molar-refractivity contribution in [3.8, 4) is 0 Å². The second-order valence-electron chi connectivity index (χ2n) is 31.1. The van der Waals surface area contributed by atoms with Gasteiger partial charge in [0.1, 0.15) is 0 Å². The number of nitrogens with zero attached hydrogens (tertiary/aromatic N) is 7. The van der Waals surface area contributed by atoms with Gasteiger partial charge in [-0.2, -0.15) is 15.3 Å². The lowest BCUT2D eigenvalue weighted by molar-refractivity contribution is -0.149. The summed E-state index contributed by atoms with van der Waals surface area (Å²) in [6, 6.07) is 11.6. The van der Waals surface area contributed by atoms with Crippen molar-refractivity contribution in [2.75, 3.05) is 33.4 Å². The van der Waals surface area contributed by atoms with Crippen LogP contribution >= 0.6 is 0 Å². The summed E-state index contributed by atoms with van der Waals surface area (Å²) < 4.78 is 21.9. The molecule has 3 amide bonds. The highest BCUT2D eigenvalue weighted by Gasteiger charge is 2.51. The molecule has 19 nitrogen and oxygen atoms in total. The van der Waals surface area contributed by atoms with Crippen LogP contribution in [0.5, 0.6) is 0 Å². The number of hydrogen-bond acceptors (Lipinski definition) is 13. The first-order chi connectivity index (χ1) is 46.4. The summed E-state index contributed by atoms with van der Waals surface area (Å²) in [5, 5.41) is 23.6. The molecule has 0 spiro atoms. The molecule has 8 bridgehead atoms. The molecule has 3 atom stereocenters. The number of carbonyl (C=O) groups is 6. The molecule has 1 aliphatic heterocycles. The van der Waals surface area contributed by atoms with Crippen LogP contribution < -0.4 is 16.1 Å². The molecular formula is C76H106N10O9. The van der Waals surface area contributed by atoms with Gasteiger partial charge in [0, 0.05) is 65.4 Å². The summed E-state index contributed by atoms with van der Waals surface area (Å²) in [6.07, 6.45) is 34.9. The smallest absolute Gasteiger partial charge is 0.309 e. The Bertz CT molecular complexity index is 3350. The van der Waals surface area contributed by atoms with Crippen LogP contribution in [0, 0.1) is 65.1 Å². The number of ether oxygens (including phenoxy) is 3. The normalized spacial score (nSPS) is 30.5. The fourth-order valence-corrected chi connectivity index (χ4v) is 20.9. The van der Waals surface area contributed by atoms with Crippen LogP contribution in [0.2, 0.25) is 0 Å². The van der Waals surface area contributed by atoms with Gasteiger partial charge in [-0.15, -0.1) is 0 Å². The molecule has 0 radical (unpaired) electrons. The molecule has 11 fully saturated rings. The van der Waals surface area contributed by atoms with Crippen molar-refractivity contribution < 1.29 is 43.0 Å². The summed E-state index contributed by atoms with van der Waals surface area (Å²) in [7, 11) is 1.46. The molecule has 18 rings (SSSR count). The number of aromatic nitrogens is 6. The highest BCUT2D eigenvalue weighted by molar-refractivity contribution is 5.96. The van der Waals surface area contributed by atoms with Gasteiger partial charge in [-0.1, -0.05) is 75.3 Å². The zero-order valence-electron chi connectivity index (χ0n) is 57.0. The summed E-state index contributed by atoms with van der Waals surface area (Å²) in [6.45, 7) is 6.86. The van der Waals surface area contributed by atoms with E-state index < -0.39 is 0 Å². The van der Waals surface area contributed by atoms with Crippen molar-refractivity contribution in [2.45, 2.75) is 250 Å². The van der Waals surface area contributed by atoms with E-state index in [1.807, 2.05) is 41.7 Å². The van der Waals surface area contributed by atoms with Crippen LogP contribution in [-0.4, -0.2) is 115 Å². The van der Waals surface area contributed by atoms with Crippen molar-refractivity contribution in [1.82, 2.24) is 50.4 Å². The minimum atomic E-state index is -0.173. The number of carbonyl (C=O) groups excluding carboxylic acids is 6. The predicted octanol–water partition coefficient (Wildman–Crippen LogP) is 11.6. The van der Waals surface area contributed by atoms with Crippen molar-refractivity contribution in [3.63, 3.8) is 0 Å². The summed E-state index contributed by atoms with van der Waals surface area (Å²) in [4.78, 5) is 77.5. The zero-order valence-corrected chi connectivity index (χ0v) is 57.0. The second kappa shape index (κ2) is 29.4. The van der Waals surface area contributed by atoms with Gasteiger partial charge in [-0.3, -0.25) is 48.2 Å². The van der Waals surface area contributed by atoms with E-state index in [0.29, 0.717) is 117 Å². The van der Waals surface area contributed by atoms with Gasteiger partial charge in [0.25, 0.3) is 17.7 Å². The van der Waals surface area contributed by atoms with Crippen molar-refractivity contribution in [2.24, 2.45) is 65.1 Å². The Morgan fingerprint density at radius 2 is 0.895 bits per heavy atom. The van der Waals surface area contributed by atoms with Crippen LogP contribution in [0.25, 0.3) is 0 Å². The van der Waals surface area contributed by atoms with Crippen LogP contribution in [0.15, 0.2) is 30.3 Å². The number of rotatable bonds is 15. The number of benzene rings is 1. The number of hydrazine groups is 1. The maximum atomic E-state index is 13.6. The van der Waals surface area contributed by atoms with Gasteiger partial charge in [0.05, 0.1) is 56.7 Å².